The van der Waals surface area contributed by atoms with E-state index in [0.717, 1.165) is 35.1 Å². The van der Waals surface area contributed by atoms with Crippen LogP contribution in [0.5, 0.6) is 0 Å². The van der Waals surface area contributed by atoms with Crippen molar-refractivity contribution in [3.8, 4) is 0 Å². The van der Waals surface area contributed by atoms with Crippen LogP contribution in [0.1, 0.15) is 60.3 Å². The minimum absolute atomic E-state index is 0.164. The molecule has 4 aliphatic rings. The van der Waals surface area contributed by atoms with Gasteiger partial charge in [-0.2, -0.15) is 0 Å². The number of likely N-dealkylation sites (tertiary alicyclic amines) is 1. The quantitative estimate of drug-likeness (QED) is 0.518. The van der Waals surface area contributed by atoms with Gasteiger partial charge in [0.1, 0.15) is 6.04 Å². The van der Waals surface area contributed by atoms with Crippen molar-refractivity contribution in [1.82, 2.24) is 4.90 Å². The number of anilines is 1. The summed E-state index contributed by atoms with van der Waals surface area (Å²) in [7, 11) is 0. The molecule has 0 unspecified atom stereocenters. The monoisotopic (exact) mass is 464 g/mol. The summed E-state index contributed by atoms with van der Waals surface area (Å²) in [5.74, 6) is -1.97. The lowest BCUT2D eigenvalue weighted by molar-refractivity contribution is -0.147. The van der Waals surface area contributed by atoms with Gasteiger partial charge in [0.25, 0.3) is 0 Å². The van der Waals surface area contributed by atoms with E-state index >= 15 is 0 Å². The molecule has 3 aromatic carbocycles. The molecule has 1 heterocycles. The van der Waals surface area contributed by atoms with Gasteiger partial charge in [0.05, 0.1) is 11.8 Å². The zero-order valence-electron chi connectivity index (χ0n) is 19.7. The zero-order chi connectivity index (χ0) is 24.1. The molecule has 35 heavy (non-hydrogen) atoms. The van der Waals surface area contributed by atoms with E-state index in [2.05, 4.69) is 29.6 Å². The number of benzene rings is 3. The highest BCUT2D eigenvalue weighted by atomic mass is 16.2. The molecule has 1 saturated heterocycles. The van der Waals surface area contributed by atoms with Crippen molar-refractivity contribution in [2.75, 3.05) is 5.32 Å². The third kappa shape index (κ3) is 3.25. The van der Waals surface area contributed by atoms with E-state index < -0.39 is 17.9 Å². The second kappa shape index (κ2) is 8.49. The largest absolute Gasteiger partial charge is 0.324 e. The van der Waals surface area contributed by atoms with E-state index in [4.69, 9.17) is 0 Å². The highest BCUT2D eigenvalue weighted by Crippen LogP contribution is 2.61. The Labute approximate surface area is 205 Å². The number of carbonyl (C=O) groups is 3. The second-order valence-electron chi connectivity index (χ2n) is 9.82. The lowest BCUT2D eigenvalue weighted by Gasteiger charge is -2.45. The summed E-state index contributed by atoms with van der Waals surface area (Å²) >= 11 is 0. The van der Waals surface area contributed by atoms with Crippen LogP contribution in [-0.4, -0.2) is 28.7 Å². The topological polar surface area (TPSA) is 66.5 Å². The smallest absolute Gasteiger partial charge is 0.247 e. The van der Waals surface area contributed by atoms with Crippen molar-refractivity contribution < 1.29 is 14.4 Å². The summed E-state index contributed by atoms with van der Waals surface area (Å²) in [4.78, 5) is 42.9. The van der Waals surface area contributed by atoms with Crippen LogP contribution >= 0.6 is 0 Å². The van der Waals surface area contributed by atoms with Crippen LogP contribution < -0.4 is 5.32 Å². The minimum atomic E-state index is -0.814. The van der Waals surface area contributed by atoms with Crippen molar-refractivity contribution in [3.05, 3.63) is 101 Å². The van der Waals surface area contributed by atoms with Gasteiger partial charge in [-0.25, -0.2) is 0 Å². The maximum absolute atomic E-state index is 14.0. The molecule has 0 spiro atoms. The van der Waals surface area contributed by atoms with Gasteiger partial charge in [-0.1, -0.05) is 86.5 Å². The molecule has 5 nitrogen and oxygen atoms in total. The molecular weight excluding hydrogens is 436 g/mol. The fourth-order valence-electron chi connectivity index (χ4n) is 6.53. The maximum atomic E-state index is 14.0. The third-order valence-electron chi connectivity index (χ3n) is 7.97. The van der Waals surface area contributed by atoms with Gasteiger partial charge in [0.15, 0.2) is 0 Å². The van der Waals surface area contributed by atoms with Crippen molar-refractivity contribution in [2.45, 2.75) is 44.1 Å². The molecule has 2 bridgehead atoms. The number of nitrogens with one attached hydrogen (secondary N) is 1. The summed E-state index contributed by atoms with van der Waals surface area (Å²) in [6.45, 7) is 2.05. The summed E-state index contributed by atoms with van der Waals surface area (Å²) in [6.07, 6.45) is 2.09. The van der Waals surface area contributed by atoms with Gasteiger partial charge in [0, 0.05) is 17.5 Å². The predicted octanol–water partition coefficient (Wildman–Crippen LogP) is 5.08. The highest BCUT2D eigenvalue weighted by Gasteiger charge is 2.62. The van der Waals surface area contributed by atoms with Crippen LogP contribution in [0, 0.1) is 11.8 Å². The Kier molecular flexibility index (Phi) is 5.28. The standard InChI is InChI=1S/C30H28N2O3/c1-2-3-17-23(28(33)31-18-11-5-4-6-12-18)32-29(34)26-24-19-13-7-8-14-20(19)25(27(26)30(32)35)22-16-10-9-15-21(22)24/h4-16,23-27H,2-3,17H2,1H3,(H,31,33)/t23-,24?,25?,26-,27+/m0/s1. The molecule has 0 saturated carbocycles. The van der Waals surface area contributed by atoms with Crippen LogP contribution in [0.4, 0.5) is 5.69 Å². The Morgan fingerprint density at radius 1 is 0.771 bits per heavy atom. The van der Waals surface area contributed by atoms with E-state index in [9.17, 15) is 14.4 Å². The number of amides is 3. The Balaban J connectivity index is 1.41. The van der Waals surface area contributed by atoms with E-state index in [1.54, 1.807) is 0 Å². The fourth-order valence-corrected chi connectivity index (χ4v) is 6.53. The molecule has 1 aliphatic heterocycles. The molecule has 3 amide bonds. The van der Waals surface area contributed by atoms with Gasteiger partial charge < -0.3 is 5.32 Å². The number of para-hydroxylation sites is 1. The summed E-state index contributed by atoms with van der Waals surface area (Å²) in [5, 5.41) is 2.94. The van der Waals surface area contributed by atoms with Crippen molar-refractivity contribution >= 4 is 23.4 Å². The number of unbranched alkanes of at least 4 members (excludes halogenated alkanes) is 1. The van der Waals surface area contributed by atoms with E-state index in [1.807, 2.05) is 61.5 Å². The van der Waals surface area contributed by atoms with Crippen molar-refractivity contribution in [2.24, 2.45) is 11.8 Å². The minimum Gasteiger partial charge on any atom is -0.324 e. The lowest BCUT2D eigenvalue weighted by Crippen LogP contribution is -2.48. The number of carbonyl (C=O) groups excluding carboxylic acids is 3. The second-order valence-corrected chi connectivity index (χ2v) is 9.82. The van der Waals surface area contributed by atoms with E-state index in [0.29, 0.717) is 12.1 Å². The van der Waals surface area contributed by atoms with Gasteiger partial charge in [0.2, 0.25) is 17.7 Å². The summed E-state index contributed by atoms with van der Waals surface area (Å²) < 4.78 is 0. The number of nitrogens with zero attached hydrogens (tertiary/aromatic N) is 1. The van der Waals surface area contributed by atoms with Crippen molar-refractivity contribution in [3.63, 3.8) is 0 Å². The summed E-state index contributed by atoms with van der Waals surface area (Å²) in [6, 6.07) is 24.8. The average Bonchev–Trinajstić information content (AvgIpc) is 3.15. The fraction of sp³-hybridized carbons (Fsp3) is 0.300. The van der Waals surface area contributed by atoms with Crippen LogP contribution in [0.25, 0.3) is 0 Å². The normalized spacial score (nSPS) is 24.5. The molecule has 7 rings (SSSR count). The zero-order valence-corrected chi connectivity index (χ0v) is 19.7. The molecule has 0 radical (unpaired) electrons. The molecule has 3 atom stereocenters. The number of hydrogen-bond donors (Lipinski definition) is 1. The third-order valence-corrected chi connectivity index (χ3v) is 7.97. The van der Waals surface area contributed by atoms with Gasteiger partial charge in [-0.3, -0.25) is 19.3 Å². The Bertz CT molecular complexity index is 1200. The summed E-state index contributed by atoms with van der Waals surface area (Å²) in [5.41, 5.74) is 5.22. The van der Waals surface area contributed by atoms with Crippen LogP contribution in [0.15, 0.2) is 78.9 Å². The Morgan fingerprint density at radius 3 is 1.69 bits per heavy atom. The maximum Gasteiger partial charge on any atom is 0.247 e. The highest BCUT2D eigenvalue weighted by molar-refractivity contribution is 6.11. The molecule has 176 valence electrons. The van der Waals surface area contributed by atoms with E-state index in [-0.39, 0.29) is 29.6 Å². The van der Waals surface area contributed by atoms with Crippen LogP contribution in [-0.2, 0) is 14.4 Å². The number of imide groups is 1. The van der Waals surface area contributed by atoms with Gasteiger partial charge >= 0.3 is 0 Å². The van der Waals surface area contributed by atoms with Gasteiger partial charge in [-0.15, -0.1) is 0 Å². The Morgan fingerprint density at radius 2 is 1.23 bits per heavy atom. The lowest BCUT2D eigenvalue weighted by atomic mass is 9.55. The van der Waals surface area contributed by atoms with Crippen LogP contribution in [0.2, 0.25) is 0 Å². The van der Waals surface area contributed by atoms with Crippen LogP contribution in [0.3, 0.4) is 0 Å². The number of hydrogen-bond acceptors (Lipinski definition) is 3. The number of rotatable bonds is 6. The first-order chi connectivity index (χ1) is 17.1. The molecule has 1 N–H and O–H groups in total. The predicted molar refractivity (Wildman–Crippen MR) is 134 cm³/mol. The molecule has 3 aliphatic carbocycles. The van der Waals surface area contributed by atoms with E-state index in [1.165, 1.54) is 4.90 Å². The van der Waals surface area contributed by atoms with Crippen molar-refractivity contribution in [1.29, 1.82) is 0 Å². The Hall–Kier alpha value is -3.73. The molecule has 5 heteroatoms. The molecular formula is C30H28N2O3. The molecule has 1 fully saturated rings. The first kappa shape index (κ1) is 21.8. The molecule has 0 aromatic heterocycles. The molecule has 3 aromatic rings. The first-order valence-electron chi connectivity index (χ1n) is 12.5. The average molecular weight is 465 g/mol. The SMILES string of the molecule is CCCC[C@@H](C(=O)Nc1ccccc1)N1C(=O)[C@@H]2C3c4ccccc4C(c4ccccc43)[C@@H]2C1=O. The van der Waals surface area contributed by atoms with Gasteiger partial charge in [-0.05, 0) is 40.8 Å². The first-order valence-corrected chi connectivity index (χ1v) is 12.5.